The molecule has 31 heavy (non-hydrogen) atoms. The van der Waals surface area contributed by atoms with Gasteiger partial charge in [-0.2, -0.15) is 0 Å². The van der Waals surface area contributed by atoms with E-state index in [0.717, 1.165) is 31.1 Å². The number of nitrogens with one attached hydrogen (secondary N) is 1. The van der Waals surface area contributed by atoms with Gasteiger partial charge in [0.2, 0.25) is 5.91 Å². The third kappa shape index (κ3) is 4.38. The van der Waals surface area contributed by atoms with Crippen molar-refractivity contribution in [1.29, 1.82) is 0 Å². The van der Waals surface area contributed by atoms with Crippen molar-refractivity contribution in [3.8, 4) is 0 Å². The summed E-state index contributed by atoms with van der Waals surface area (Å²) in [7, 11) is 0. The van der Waals surface area contributed by atoms with Crippen LogP contribution in [-0.2, 0) is 11.3 Å². The Bertz CT molecular complexity index is 1240. The van der Waals surface area contributed by atoms with E-state index in [1.807, 2.05) is 0 Å². The summed E-state index contributed by atoms with van der Waals surface area (Å²) in [5.74, 6) is -0.396. The molecule has 1 aliphatic heterocycles. The molecular formula is C21H24ClN5O3S. The third-order valence-corrected chi connectivity index (χ3v) is 6.59. The summed E-state index contributed by atoms with van der Waals surface area (Å²) in [4.78, 5) is 45.7. The number of halogens is 1. The van der Waals surface area contributed by atoms with Gasteiger partial charge in [-0.1, -0.05) is 29.0 Å². The Labute approximate surface area is 188 Å². The highest BCUT2D eigenvalue weighted by molar-refractivity contribution is 7.22. The van der Waals surface area contributed by atoms with Crippen LogP contribution in [0.25, 0.3) is 10.3 Å². The van der Waals surface area contributed by atoms with Crippen LogP contribution >= 0.6 is 22.9 Å². The summed E-state index contributed by atoms with van der Waals surface area (Å²) in [6, 6.07) is 6.44. The average Bonchev–Trinajstić information content (AvgIpc) is 3.17. The number of hydrogen-bond donors (Lipinski definition) is 1. The zero-order valence-electron chi connectivity index (χ0n) is 17.4. The normalized spacial score (nSPS) is 14.4. The molecule has 0 radical (unpaired) electrons. The first-order valence-electron chi connectivity index (χ1n) is 10.3. The minimum atomic E-state index is -0.538. The van der Waals surface area contributed by atoms with Crippen LogP contribution in [0.4, 0.5) is 10.8 Å². The minimum Gasteiger partial charge on any atom is -0.348 e. The third-order valence-electron chi connectivity index (χ3n) is 5.26. The van der Waals surface area contributed by atoms with E-state index in [0.29, 0.717) is 15.4 Å². The lowest BCUT2D eigenvalue weighted by molar-refractivity contribution is -0.116. The number of benzene rings is 1. The molecule has 4 rings (SSSR count). The standard InChI is InChI=1S/C21H24ClN5O3S/c1-13(2)27-19(29)17-18(24-20(31-17)25-9-4-3-5-10-25)26(21(27)30)12-16(28)23-15-8-6-7-14(22)11-15/h6-8,11,13H,3-5,9-10,12H2,1-2H3,(H,23,28). The Balaban J connectivity index is 1.76. The molecule has 0 atom stereocenters. The molecule has 2 aromatic heterocycles. The maximum Gasteiger partial charge on any atom is 0.333 e. The lowest BCUT2D eigenvalue weighted by atomic mass is 10.1. The molecular weight excluding hydrogens is 438 g/mol. The summed E-state index contributed by atoms with van der Waals surface area (Å²) in [6.45, 7) is 5.04. The van der Waals surface area contributed by atoms with Crippen LogP contribution in [0.5, 0.6) is 0 Å². The number of nitrogens with zero attached hydrogens (tertiary/aromatic N) is 4. The Hall–Kier alpha value is -2.65. The highest BCUT2D eigenvalue weighted by atomic mass is 35.5. The number of hydrogen-bond acceptors (Lipinski definition) is 6. The second kappa shape index (κ2) is 8.84. The topological polar surface area (TPSA) is 89.2 Å². The van der Waals surface area contributed by atoms with E-state index in [1.165, 1.54) is 26.9 Å². The summed E-state index contributed by atoms with van der Waals surface area (Å²) < 4.78 is 2.87. The van der Waals surface area contributed by atoms with Crippen molar-refractivity contribution in [3.63, 3.8) is 0 Å². The molecule has 0 spiro atoms. The number of carbonyl (C=O) groups excluding carboxylic acids is 1. The molecule has 1 amide bonds. The first-order chi connectivity index (χ1) is 14.8. The first kappa shape index (κ1) is 21.6. The zero-order valence-corrected chi connectivity index (χ0v) is 19.0. The second-order valence-corrected chi connectivity index (χ2v) is 9.31. The van der Waals surface area contributed by atoms with E-state index in [-0.39, 0.29) is 23.8 Å². The number of rotatable bonds is 5. The fourth-order valence-corrected chi connectivity index (χ4v) is 5.02. The van der Waals surface area contributed by atoms with Crippen molar-refractivity contribution < 1.29 is 4.79 Å². The number of amides is 1. The number of thiazole rings is 1. The highest BCUT2D eigenvalue weighted by Gasteiger charge is 2.23. The van der Waals surface area contributed by atoms with Crippen LogP contribution in [0.1, 0.15) is 39.2 Å². The fraction of sp³-hybridized carbons (Fsp3) is 0.429. The summed E-state index contributed by atoms with van der Waals surface area (Å²) in [6.07, 6.45) is 3.32. The van der Waals surface area contributed by atoms with E-state index in [9.17, 15) is 14.4 Å². The maximum absolute atomic E-state index is 13.1. The minimum absolute atomic E-state index is 0.252. The van der Waals surface area contributed by atoms with Crippen LogP contribution in [0.2, 0.25) is 5.02 Å². The van der Waals surface area contributed by atoms with Gasteiger partial charge in [0.1, 0.15) is 11.2 Å². The number of carbonyl (C=O) groups is 1. The predicted octanol–water partition coefficient (Wildman–Crippen LogP) is 3.48. The van der Waals surface area contributed by atoms with Crippen molar-refractivity contribution >= 4 is 50.0 Å². The van der Waals surface area contributed by atoms with Gasteiger partial charge in [0, 0.05) is 29.8 Å². The van der Waals surface area contributed by atoms with Crippen LogP contribution in [0, 0.1) is 0 Å². The number of aromatic nitrogens is 3. The molecule has 1 aliphatic rings. The lowest BCUT2D eigenvalue weighted by Gasteiger charge is -2.25. The van der Waals surface area contributed by atoms with Gasteiger partial charge < -0.3 is 10.2 Å². The van der Waals surface area contributed by atoms with Gasteiger partial charge in [-0.05, 0) is 51.3 Å². The quantitative estimate of drug-likeness (QED) is 0.628. The molecule has 8 nitrogen and oxygen atoms in total. The van der Waals surface area contributed by atoms with E-state index in [1.54, 1.807) is 38.1 Å². The van der Waals surface area contributed by atoms with Gasteiger partial charge in [0.25, 0.3) is 5.56 Å². The molecule has 3 heterocycles. The van der Waals surface area contributed by atoms with E-state index >= 15 is 0 Å². The van der Waals surface area contributed by atoms with Crippen molar-refractivity contribution in [2.75, 3.05) is 23.3 Å². The molecule has 0 bridgehead atoms. The number of fused-ring (bicyclic) bond motifs is 1. The summed E-state index contributed by atoms with van der Waals surface area (Å²) >= 11 is 7.27. The maximum atomic E-state index is 13.1. The second-order valence-electron chi connectivity index (χ2n) is 7.89. The average molecular weight is 462 g/mol. The Morgan fingerprint density at radius 1 is 1.23 bits per heavy atom. The monoisotopic (exact) mass is 461 g/mol. The molecule has 0 saturated carbocycles. The molecule has 10 heteroatoms. The molecule has 164 valence electrons. The van der Waals surface area contributed by atoms with Crippen LogP contribution < -0.4 is 21.5 Å². The van der Waals surface area contributed by atoms with E-state index < -0.39 is 11.6 Å². The molecule has 0 unspecified atom stereocenters. The lowest BCUT2D eigenvalue weighted by Crippen LogP contribution is -2.42. The van der Waals surface area contributed by atoms with Crippen molar-refractivity contribution in [2.24, 2.45) is 0 Å². The van der Waals surface area contributed by atoms with Gasteiger partial charge in [0.15, 0.2) is 10.8 Å². The molecule has 0 aliphatic carbocycles. The zero-order chi connectivity index (χ0) is 22.1. The fourth-order valence-electron chi connectivity index (χ4n) is 3.77. The highest BCUT2D eigenvalue weighted by Crippen LogP contribution is 2.28. The van der Waals surface area contributed by atoms with E-state index in [4.69, 9.17) is 11.6 Å². The van der Waals surface area contributed by atoms with Gasteiger partial charge in [0.05, 0.1) is 0 Å². The van der Waals surface area contributed by atoms with Crippen molar-refractivity contribution in [3.05, 3.63) is 50.1 Å². The smallest absolute Gasteiger partial charge is 0.333 e. The Morgan fingerprint density at radius 3 is 2.65 bits per heavy atom. The Morgan fingerprint density at radius 2 is 1.97 bits per heavy atom. The van der Waals surface area contributed by atoms with Gasteiger partial charge in [-0.3, -0.25) is 18.7 Å². The van der Waals surface area contributed by atoms with Crippen LogP contribution in [0.15, 0.2) is 33.9 Å². The van der Waals surface area contributed by atoms with Gasteiger partial charge in [-0.25, -0.2) is 9.78 Å². The first-order valence-corrected chi connectivity index (χ1v) is 11.5. The number of anilines is 2. The summed E-state index contributed by atoms with van der Waals surface area (Å²) in [5, 5.41) is 3.97. The predicted molar refractivity (Wildman–Crippen MR) is 125 cm³/mol. The van der Waals surface area contributed by atoms with Crippen molar-refractivity contribution in [1.82, 2.24) is 14.1 Å². The molecule has 1 saturated heterocycles. The van der Waals surface area contributed by atoms with Crippen molar-refractivity contribution in [2.45, 2.75) is 45.7 Å². The SMILES string of the molecule is CC(C)n1c(=O)c2sc(N3CCCCC3)nc2n(CC(=O)Nc2cccc(Cl)c2)c1=O. The molecule has 1 aromatic carbocycles. The van der Waals surface area contributed by atoms with Gasteiger partial charge in [-0.15, -0.1) is 0 Å². The van der Waals surface area contributed by atoms with Crippen LogP contribution in [-0.4, -0.2) is 33.1 Å². The Kier molecular flexibility index (Phi) is 6.15. The summed E-state index contributed by atoms with van der Waals surface area (Å²) in [5.41, 5.74) is -0.100. The van der Waals surface area contributed by atoms with Gasteiger partial charge >= 0.3 is 5.69 Å². The molecule has 1 fully saturated rings. The molecule has 1 N–H and O–H groups in total. The van der Waals surface area contributed by atoms with E-state index in [2.05, 4.69) is 15.2 Å². The molecule has 3 aromatic rings. The largest absolute Gasteiger partial charge is 0.348 e. The van der Waals surface area contributed by atoms with Crippen LogP contribution in [0.3, 0.4) is 0 Å². The number of piperidine rings is 1.